The number of nitrogens with zero attached hydrogens (tertiary/aromatic N) is 3. The Morgan fingerprint density at radius 3 is 2.32 bits per heavy atom. The highest BCUT2D eigenvalue weighted by molar-refractivity contribution is 5.79. The molecule has 1 atom stereocenters. The van der Waals surface area contributed by atoms with Gasteiger partial charge < -0.3 is 0 Å². The van der Waals surface area contributed by atoms with E-state index in [4.69, 9.17) is 0 Å². The van der Waals surface area contributed by atoms with Crippen LogP contribution >= 0.6 is 0 Å². The minimum atomic E-state index is -0.165. The average Bonchev–Trinajstić information content (AvgIpc) is 3.23. The first-order chi connectivity index (χ1) is 13.8. The third kappa shape index (κ3) is 5.62. The highest BCUT2D eigenvalue weighted by atomic mass is 16.1. The van der Waals surface area contributed by atoms with Crippen molar-refractivity contribution in [2.24, 2.45) is 0 Å². The van der Waals surface area contributed by atoms with Gasteiger partial charge >= 0.3 is 0 Å². The summed E-state index contributed by atoms with van der Waals surface area (Å²) in [5.41, 5.74) is 2.92. The molecule has 1 heterocycles. The molecule has 1 aromatic heterocycles. The summed E-state index contributed by atoms with van der Waals surface area (Å²) in [6.07, 6.45) is 8.64. The molecule has 4 nitrogen and oxygen atoms in total. The van der Waals surface area contributed by atoms with Crippen molar-refractivity contribution >= 4 is 5.78 Å². The molecule has 0 fully saturated rings. The molecule has 0 aliphatic rings. The van der Waals surface area contributed by atoms with Gasteiger partial charge in [-0.15, -0.1) is 0 Å². The first kappa shape index (κ1) is 20.0. The van der Waals surface area contributed by atoms with Crippen molar-refractivity contribution < 1.29 is 4.79 Å². The third-order valence-corrected chi connectivity index (χ3v) is 5.02. The van der Waals surface area contributed by atoms with Crippen molar-refractivity contribution in [2.45, 2.75) is 57.9 Å². The summed E-state index contributed by atoms with van der Waals surface area (Å²) in [5, 5.41) is 9.18. The van der Waals surface area contributed by atoms with Gasteiger partial charge in [0.05, 0.1) is 6.20 Å². The lowest BCUT2D eigenvalue weighted by Gasteiger charge is -2.16. The van der Waals surface area contributed by atoms with Gasteiger partial charge in [0.1, 0.15) is 17.5 Å². The maximum atomic E-state index is 12.6. The maximum absolute atomic E-state index is 12.6. The smallest absolute Gasteiger partial charge is 0.135 e. The van der Waals surface area contributed by atoms with E-state index >= 15 is 0 Å². The molecule has 0 saturated carbocycles. The minimum Gasteiger partial charge on any atom is -0.300 e. The van der Waals surface area contributed by atoms with Gasteiger partial charge in [0.15, 0.2) is 0 Å². The highest BCUT2D eigenvalue weighted by Crippen LogP contribution is 2.24. The van der Waals surface area contributed by atoms with Gasteiger partial charge in [-0.1, -0.05) is 93.3 Å². The van der Waals surface area contributed by atoms with Gasteiger partial charge in [0.25, 0.3) is 0 Å². The normalized spacial score (nSPS) is 12.0. The van der Waals surface area contributed by atoms with E-state index in [0.29, 0.717) is 12.8 Å². The SMILES string of the molecule is CCCCCCCC(=O)CC(c1ccccc1)n1ncc(-c2ccccc2)n1. The van der Waals surface area contributed by atoms with E-state index < -0.39 is 0 Å². The van der Waals surface area contributed by atoms with E-state index in [1.165, 1.54) is 19.3 Å². The summed E-state index contributed by atoms with van der Waals surface area (Å²) >= 11 is 0. The topological polar surface area (TPSA) is 47.8 Å². The summed E-state index contributed by atoms with van der Waals surface area (Å²) in [5.74, 6) is 0.281. The Balaban J connectivity index is 1.72. The van der Waals surface area contributed by atoms with Crippen LogP contribution in [0.4, 0.5) is 0 Å². The Morgan fingerprint density at radius 2 is 1.61 bits per heavy atom. The van der Waals surface area contributed by atoms with Crippen LogP contribution in [-0.4, -0.2) is 20.8 Å². The van der Waals surface area contributed by atoms with E-state index in [0.717, 1.165) is 29.7 Å². The largest absolute Gasteiger partial charge is 0.300 e. The predicted molar refractivity (Wildman–Crippen MR) is 113 cm³/mol. The zero-order valence-corrected chi connectivity index (χ0v) is 16.6. The molecule has 0 N–H and O–H groups in total. The van der Waals surface area contributed by atoms with Crippen molar-refractivity contribution in [3.63, 3.8) is 0 Å². The number of ketones is 1. The maximum Gasteiger partial charge on any atom is 0.135 e. The van der Waals surface area contributed by atoms with E-state index in [-0.39, 0.29) is 11.8 Å². The molecule has 0 radical (unpaired) electrons. The number of carbonyl (C=O) groups excluding carboxylic acids is 1. The van der Waals surface area contributed by atoms with Crippen LogP contribution in [0.25, 0.3) is 11.3 Å². The number of unbranched alkanes of at least 4 members (excludes halogenated alkanes) is 4. The molecular weight excluding hydrogens is 346 g/mol. The van der Waals surface area contributed by atoms with Crippen LogP contribution in [0.15, 0.2) is 66.9 Å². The number of aromatic nitrogens is 3. The molecule has 2 aromatic carbocycles. The van der Waals surface area contributed by atoms with Crippen LogP contribution in [0.2, 0.25) is 0 Å². The standard InChI is InChI=1S/C24H29N3O/c1-2-3-4-5-12-17-22(28)18-24(21-15-10-7-11-16-21)27-25-19-23(26-27)20-13-8-6-9-14-20/h6-11,13-16,19,24H,2-5,12,17-18H2,1H3. The molecule has 0 amide bonds. The van der Waals surface area contributed by atoms with Crippen molar-refractivity contribution in [1.82, 2.24) is 15.0 Å². The molecular formula is C24H29N3O. The van der Waals surface area contributed by atoms with Crippen molar-refractivity contribution in [1.29, 1.82) is 0 Å². The zero-order chi connectivity index (χ0) is 19.6. The summed E-state index contributed by atoms with van der Waals surface area (Å²) in [4.78, 5) is 14.3. The van der Waals surface area contributed by atoms with Crippen LogP contribution < -0.4 is 0 Å². The Hall–Kier alpha value is -2.75. The van der Waals surface area contributed by atoms with Gasteiger partial charge in [-0.3, -0.25) is 4.79 Å². The Bertz CT molecular complexity index is 843. The first-order valence-electron chi connectivity index (χ1n) is 10.3. The van der Waals surface area contributed by atoms with E-state index in [9.17, 15) is 4.79 Å². The second-order valence-corrected chi connectivity index (χ2v) is 7.25. The summed E-state index contributed by atoms with van der Waals surface area (Å²) in [7, 11) is 0. The first-order valence-corrected chi connectivity index (χ1v) is 10.3. The molecule has 3 rings (SSSR count). The molecule has 4 heteroatoms. The lowest BCUT2D eigenvalue weighted by Crippen LogP contribution is -2.18. The fourth-order valence-electron chi connectivity index (χ4n) is 3.42. The Labute approximate surface area is 167 Å². The van der Waals surface area contributed by atoms with E-state index in [1.54, 1.807) is 11.0 Å². The van der Waals surface area contributed by atoms with Crippen molar-refractivity contribution in [3.05, 3.63) is 72.4 Å². The van der Waals surface area contributed by atoms with Gasteiger partial charge in [-0.05, 0) is 12.0 Å². The van der Waals surface area contributed by atoms with Crippen LogP contribution in [0.3, 0.4) is 0 Å². The molecule has 1 unspecified atom stereocenters. The number of hydrogen-bond acceptors (Lipinski definition) is 3. The van der Waals surface area contributed by atoms with Crippen LogP contribution in [0.1, 0.15) is 63.5 Å². The van der Waals surface area contributed by atoms with Crippen LogP contribution in [-0.2, 0) is 4.79 Å². The quantitative estimate of drug-likeness (QED) is 0.395. The average molecular weight is 376 g/mol. The van der Waals surface area contributed by atoms with Gasteiger partial charge in [-0.25, -0.2) is 0 Å². The fraction of sp³-hybridized carbons (Fsp3) is 0.375. The molecule has 0 aliphatic carbocycles. The summed E-state index contributed by atoms with van der Waals surface area (Å²) in [6.45, 7) is 2.20. The highest BCUT2D eigenvalue weighted by Gasteiger charge is 2.20. The van der Waals surface area contributed by atoms with Gasteiger partial charge in [0, 0.05) is 18.4 Å². The second kappa shape index (κ2) is 10.5. The van der Waals surface area contributed by atoms with E-state index in [1.807, 2.05) is 60.7 Å². The third-order valence-electron chi connectivity index (χ3n) is 5.02. The molecule has 0 spiro atoms. The monoisotopic (exact) mass is 375 g/mol. The molecule has 0 saturated heterocycles. The second-order valence-electron chi connectivity index (χ2n) is 7.25. The summed E-state index contributed by atoms with van der Waals surface area (Å²) < 4.78 is 0. The number of hydrogen-bond donors (Lipinski definition) is 0. The van der Waals surface area contributed by atoms with Gasteiger partial charge in [-0.2, -0.15) is 15.0 Å². The van der Waals surface area contributed by atoms with Crippen molar-refractivity contribution in [2.75, 3.05) is 0 Å². The van der Waals surface area contributed by atoms with Crippen LogP contribution in [0, 0.1) is 0 Å². The van der Waals surface area contributed by atoms with E-state index in [2.05, 4.69) is 17.1 Å². The molecule has 0 aliphatic heterocycles. The van der Waals surface area contributed by atoms with Crippen molar-refractivity contribution in [3.8, 4) is 11.3 Å². The zero-order valence-electron chi connectivity index (χ0n) is 16.6. The summed E-state index contributed by atoms with van der Waals surface area (Å²) in [6, 6.07) is 19.9. The molecule has 3 aromatic rings. The number of carbonyl (C=O) groups is 1. The van der Waals surface area contributed by atoms with Gasteiger partial charge in [0.2, 0.25) is 0 Å². The number of benzene rings is 2. The molecule has 146 valence electrons. The lowest BCUT2D eigenvalue weighted by atomic mass is 9.99. The number of Topliss-reactive ketones (excluding diaryl/α,β-unsaturated/α-hetero) is 1. The predicted octanol–water partition coefficient (Wildman–Crippen LogP) is 5.85. The Morgan fingerprint density at radius 1 is 0.929 bits per heavy atom. The molecule has 28 heavy (non-hydrogen) atoms. The minimum absolute atomic E-state index is 0.165. The Kier molecular flexibility index (Phi) is 7.53. The lowest BCUT2D eigenvalue weighted by molar-refractivity contribution is -0.119. The fourth-order valence-corrected chi connectivity index (χ4v) is 3.42. The van der Waals surface area contributed by atoms with Crippen LogP contribution in [0.5, 0.6) is 0 Å². The number of rotatable bonds is 11. The molecule has 0 bridgehead atoms.